The van der Waals surface area contributed by atoms with Gasteiger partial charge in [0.15, 0.2) is 0 Å². The van der Waals surface area contributed by atoms with Crippen LogP contribution in [0.3, 0.4) is 0 Å². The normalized spacial score (nSPS) is 11.4. The Balaban J connectivity index is 1.39. The van der Waals surface area contributed by atoms with Crippen LogP contribution in [0.2, 0.25) is 0 Å². The summed E-state index contributed by atoms with van der Waals surface area (Å²) < 4.78 is 3.08. The van der Waals surface area contributed by atoms with Crippen LogP contribution in [0.1, 0.15) is 16.7 Å². The smallest absolute Gasteiger partial charge is 0.307 e. The number of aryl methyl sites for hydroxylation is 1. The highest BCUT2D eigenvalue weighted by molar-refractivity contribution is 7.98. The lowest BCUT2D eigenvalue weighted by molar-refractivity contribution is -0.136. The fourth-order valence-electron chi connectivity index (χ4n) is 3.67. The summed E-state index contributed by atoms with van der Waals surface area (Å²) in [6, 6.07) is 20.9. The molecule has 5 rings (SSSR count). The molecule has 1 N–H and O–H groups in total. The van der Waals surface area contributed by atoms with Crippen LogP contribution in [0.5, 0.6) is 0 Å². The van der Waals surface area contributed by atoms with Crippen molar-refractivity contribution in [3.05, 3.63) is 88.9 Å². The van der Waals surface area contributed by atoms with Crippen molar-refractivity contribution in [1.82, 2.24) is 9.78 Å². The van der Waals surface area contributed by atoms with Crippen molar-refractivity contribution in [1.29, 1.82) is 0 Å². The zero-order chi connectivity index (χ0) is 21.4. The lowest BCUT2D eigenvalue weighted by Crippen LogP contribution is -1.98. The van der Waals surface area contributed by atoms with E-state index in [0.717, 1.165) is 38.0 Å². The second kappa shape index (κ2) is 8.21. The standard InChI is InChI=1S/C25H20N2O2S2/c1-16-5-7-19(8-6-16)27-13-22-17(3-2-4-23(22)26-27)14-30-20-9-10-21-18(11-25(28)29)15-31-24(21)12-20/h2-10,12-13,15H,11,14H2,1H3,(H,28,29). The van der Waals surface area contributed by atoms with E-state index in [1.807, 2.05) is 16.1 Å². The van der Waals surface area contributed by atoms with E-state index in [1.165, 1.54) is 16.0 Å². The number of carboxylic acid groups (broad SMARTS) is 1. The van der Waals surface area contributed by atoms with Gasteiger partial charge in [0.25, 0.3) is 0 Å². The molecule has 0 aliphatic heterocycles. The van der Waals surface area contributed by atoms with Crippen LogP contribution >= 0.6 is 23.1 Å². The number of carbonyl (C=O) groups is 1. The van der Waals surface area contributed by atoms with Crippen molar-refractivity contribution in [3.63, 3.8) is 0 Å². The van der Waals surface area contributed by atoms with Gasteiger partial charge in [-0.1, -0.05) is 35.9 Å². The molecular weight excluding hydrogens is 424 g/mol. The van der Waals surface area contributed by atoms with Gasteiger partial charge >= 0.3 is 5.97 Å². The molecule has 0 spiro atoms. The second-order valence-electron chi connectivity index (χ2n) is 7.54. The Morgan fingerprint density at radius 2 is 1.90 bits per heavy atom. The molecule has 3 aromatic carbocycles. The predicted molar refractivity (Wildman–Crippen MR) is 129 cm³/mol. The highest BCUT2D eigenvalue weighted by atomic mass is 32.2. The molecule has 0 bridgehead atoms. The SMILES string of the molecule is Cc1ccc(-n2cc3c(CSc4ccc5c(CC(=O)O)csc5c4)cccc3n2)cc1. The Kier molecular flexibility index (Phi) is 5.26. The van der Waals surface area contributed by atoms with Crippen LogP contribution in [0.4, 0.5) is 0 Å². The highest BCUT2D eigenvalue weighted by Gasteiger charge is 2.10. The van der Waals surface area contributed by atoms with Crippen LogP contribution in [0.15, 0.2) is 77.1 Å². The molecule has 0 unspecified atom stereocenters. The minimum Gasteiger partial charge on any atom is -0.481 e. The van der Waals surface area contributed by atoms with Crippen LogP contribution in [-0.2, 0) is 17.0 Å². The van der Waals surface area contributed by atoms with Crippen LogP contribution in [0.25, 0.3) is 26.7 Å². The quantitative estimate of drug-likeness (QED) is 0.305. The molecule has 2 heterocycles. The Labute approximate surface area is 188 Å². The second-order valence-corrected chi connectivity index (χ2v) is 9.50. The van der Waals surface area contributed by atoms with Crippen LogP contribution in [0, 0.1) is 6.92 Å². The molecule has 0 aliphatic carbocycles. The number of rotatable bonds is 6. The molecule has 154 valence electrons. The molecule has 0 fully saturated rings. The molecule has 2 aromatic heterocycles. The summed E-state index contributed by atoms with van der Waals surface area (Å²) in [7, 11) is 0. The molecule has 0 saturated heterocycles. The van der Waals surface area contributed by atoms with E-state index in [2.05, 4.69) is 67.7 Å². The lowest BCUT2D eigenvalue weighted by atomic mass is 10.1. The molecule has 0 aliphatic rings. The largest absolute Gasteiger partial charge is 0.481 e. The van der Waals surface area contributed by atoms with Crippen molar-refractivity contribution in [2.24, 2.45) is 0 Å². The van der Waals surface area contributed by atoms with Crippen LogP contribution < -0.4 is 0 Å². The monoisotopic (exact) mass is 444 g/mol. The third-order valence-corrected chi connectivity index (χ3v) is 7.34. The molecule has 31 heavy (non-hydrogen) atoms. The first-order valence-corrected chi connectivity index (χ1v) is 11.8. The average Bonchev–Trinajstić information content (AvgIpc) is 3.37. The van der Waals surface area contributed by atoms with Crippen LogP contribution in [-0.4, -0.2) is 20.9 Å². The summed E-state index contributed by atoms with van der Waals surface area (Å²) in [4.78, 5) is 12.2. The molecule has 4 nitrogen and oxygen atoms in total. The van der Waals surface area contributed by atoms with E-state index in [4.69, 9.17) is 10.2 Å². The van der Waals surface area contributed by atoms with E-state index < -0.39 is 5.97 Å². The van der Waals surface area contributed by atoms with Gasteiger partial charge in [-0.3, -0.25) is 4.79 Å². The molecular formula is C25H20N2O2S2. The highest BCUT2D eigenvalue weighted by Crippen LogP contribution is 2.33. The van der Waals surface area contributed by atoms with Gasteiger partial charge in [0.1, 0.15) is 0 Å². The fourth-order valence-corrected chi connectivity index (χ4v) is 5.69. The van der Waals surface area contributed by atoms with Gasteiger partial charge in [0.2, 0.25) is 0 Å². The zero-order valence-corrected chi connectivity index (χ0v) is 18.5. The van der Waals surface area contributed by atoms with Crippen molar-refractivity contribution >= 4 is 50.1 Å². The van der Waals surface area contributed by atoms with Crippen molar-refractivity contribution in [2.45, 2.75) is 24.0 Å². The van der Waals surface area contributed by atoms with Crippen molar-refractivity contribution in [2.75, 3.05) is 0 Å². The van der Waals surface area contributed by atoms with E-state index in [-0.39, 0.29) is 6.42 Å². The predicted octanol–water partition coefficient (Wildman–Crippen LogP) is 6.47. The number of hydrogen-bond acceptors (Lipinski definition) is 4. The summed E-state index contributed by atoms with van der Waals surface area (Å²) in [5.41, 5.74) is 5.41. The number of nitrogens with zero attached hydrogens (tertiary/aromatic N) is 2. The molecule has 5 aromatic rings. The Hall–Kier alpha value is -3.09. The Bertz CT molecular complexity index is 1400. The van der Waals surface area contributed by atoms with Gasteiger partial charge in [-0.05, 0) is 59.1 Å². The first-order valence-electron chi connectivity index (χ1n) is 9.96. The number of thiophene rings is 1. The Morgan fingerprint density at radius 1 is 1.06 bits per heavy atom. The van der Waals surface area contributed by atoms with E-state index in [0.29, 0.717) is 0 Å². The van der Waals surface area contributed by atoms with E-state index >= 15 is 0 Å². The third kappa shape index (κ3) is 4.09. The topological polar surface area (TPSA) is 55.1 Å². The van der Waals surface area contributed by atoms with Gasteiger partial charge < -0.3 is 5.11 Å². The van der Waals surface area contributed by atoms with E-state index in [1.54, 1.807) is 23.1 Å². The van der Waals surface area contributed by atoms with Gasteiger partial charge in [0.05, 0.1) is 17.6 Å². The van der Waals surface area contributed by atoms with Crippen molar-refractivity contribution < 1.29 is 9.90 Å². The number of carboxylic acids is 1. The maximum Gasteiger partial charge on any atom is 0.307 e. The number of aliphatic carboxylic acids is 1. The molecule has 0 atom stereocenters. The number of hydrogen-bond donors (Lipinski definition) is 1. The molecule has 0 amide bonds. The van der Waals surface area contributed by atoms with Gasteiger partial charge in [-0.25, -0.2) is 4.68 Å². The Morgan fingerprint density at radius 3 is 2.71 bits per heavy atom. The number of aromatic nitrogens is 2. The average molecular weight is 445 g/mol. The maximum atomic E-state index is 11.0. The summed E-state index contributed by atoms with van der Waals surface area (Å²) in [5.74, 6) is 0.0490. The summed E-state index contributed by atoms with van der Waals surface area (Å²) in [6.07, 6.45) is 2.18. The molecule has 0 saturated carbocycles. The number of thioether (sulfide) groups is 1. The first kappa shape index (κ1) is 19.8. The van der Waals surface area contributed by atoms with Gasteiger partial charge in [-0.2, -0.15) is 5.10 Å². The van der Waals surface area contributed by atoms with Gasteiger partial charge in [-0.15, -0.1) is 23.1 Å². The van der Waals surface area contributed by atoms with Crippen molar-refractivity contribution in [3.8, 4) is 5.69 Å². The third-order valence-electron chi connectivity index (χ3n) is 5.30. The summed E-state index contributed by atoms with van der Waals surface area (Å²) in [5, 5.41) is 18.0. The lowest BCUT2D eigenvalue weighted by Gasteiger charge is -2.04. The maximum absolute atomic E-state index is 11.0. The number of benzene rings is 3. The summed E-state index contributed by atoms with van der Waals surface area (Å²) >= 11 is 3.39. The molecule has 6 heteroatoms. The minimum atomic E-state index is -0.794. The minimum absolute atomic E-state index is 0.0689. The fraction of sp³-hybridized carbons (Fsp3) is 0.120. The van der Waals surface area contributed by atoms with Gasteiger partial charge in [0, 0.05) is 26.9 Å². The molecule has 0 radical (unpaired) electrons. The number of fused-ring (bicyclic) bond motifs is 2. The first-order chi connectivity index (χ1) is 15.1. The van der Waals surface area contributed by atoms with E-state index in [9.17, 15) is 4.79 Å². The summed E-state index contributed by atoms with van der Waals surface area (Å²) in [6.45, 7) is 2.08. The zero-order valence-electron chi connectivity index (χ0n) is 16.9.